The molecule has 0 amide bonds. The third-order valence-corrected chi connectivity index (χ3v) is 8.14. The molecule has 3 aromatic carbocycles. The van der Waals surface area contributed by atoms with Crippen LogP contribution in [0.15, 0.2) is 93.0 Å². The number of hydrogen-bond acceptors (Lipinski definition) is 6. The fourth-order valence-electron chi connectivity index (χ4n) is 5.17. The Morgan fingerprint density at radius 1 is 1.00 bits per heavy atom. The van der Waals surface area contributed by atoms with E-state index in [1.807, 2.05) is 48.5 Å². The number of benzene rings is 3. The molecule has 206 valence electrons. The molecular formula is C31H25FN4O4S. The van der Waals surface area contributed by atoms with Crippen molar-refractivity contribution in [2.75, 3.05) is 6.61 Å². The zero-order chi connectivity index (χ0) is 28.8. The first kappa shape index (κ1) is 26.4. The highest BCUT2D eigenvalue weighted by Gasteiger charge is 2.35. The average Bonchev–Trinajstić information content (AvgIpc) is 3.40. The summed E-state index contributed by atoms with van der Waals surface area (Å²) in [5.74, 6) is -1.04. The Kier molecular flexibility index (Phi) is 6.63. The second-order valence-corrected chi connectivity index (χ2v) is 10.6. The fourth-order valence-corrected chi connectivity index (χ4v) is 6.17. The SMILES string of the molecule is CCOC(=O)C1=C(c2ccccc2)N=c2s/c(=C/c3ccc4c(c3)n(C)c(=O)n4C)c(=O)n2[C@H]1c1ccc(F)cc1. The second-order valence-electron chi connectivity index (χ2n) is 9.63. The first-order valence-corrected chi connectivity index (χ1v) is 13.8. The zero-order valence-corrected chi connectivity index (χ0v) is 23.3. The van der Waals surface area contributed by atoms with E-state index in [2.05, 4.69) is 0 Å². The van der Waals surface area contributed by atoms with E-state index in [-0.39, 0.29) is 23.4 Å². The Morgan fingerprint density at radius 2 is 1.71 bits per heavy atom. The van der Waals surface area contributed by atoms with Gasteiger partial charge < -0.3 is 4.74 Å². The fraction of sp³-hybridized carbons (Fsp3) is 0.161. The number of rotatable bonds is 5. The number of thiazole rings is 1. The lowest BCUT2D eigenvalue weighted by Crippen LogP contribution is -2.40. The highest BCUT2D eigenvalue weighted by molar-refractivity contribution is 7.07. The number of nitrogens with zero attached hydrogens (tertiary/aromatic N) is 4. The van der Waals surface area contributed by atoms with E-state index in [4.69, 9.17) is 9.73 Å². The summed E-state index contributed by atoms with van der Waals surface area (Å²) in [7, 11) is 3.41. The lowest BCUT2D eigenvalue weighted by molar-refractivity contribution is -0.138. The number of carbonyl (C=O) groups is 1. The van der Waals surface area contributed by atoms with E-state index in [9.17, 15) is 18.8 Å². The summed E-state index contributed by atoms with van der Waals surface area (Å²) >= 11 is 1.20. The Bertz CT molecular complexity index is 2100. The minimum Gasteiger partial charge on any atom is -0.463 e. The maximum absolute atomic E-state index is 14.0. The number of esters is 1. The summed E-state index contributed by atoms with van der Waals surface area (Å²) < 4.78 is 24.4. The summed E-state index contributed by atoms with van der Waals surface area (Å²) in [6, 6.07) is 19.6. The summed E-state index contributed by atoms with van der Waals surface area (Å²) in [6.45, 7) is 1.84. The van der Waals surface area contributed by atoms with Crippen LogP contribution in [0, 0.1) is 5.82 Å². The normalized spacial score (nSPS) is 15.2. The topological polar surface area (TPSA) is 87.6 Å². The van der Waals surface area contributed by atoms with Gasteiger partial charge in [-0.15, -0.1) is 0 Å². The van der Waals surface area contributed by atoms with Crippen LogP contribution in [0.5, 0.6) is 0 Å². The van der Waals surface area contributed by atoms with Gasteiger partial charge in [-0.3, -0.25) is 18.5 Å². The van der Waals surface area contributed by atoms with Crippen molar-refractivity contribution in [3.05, 3.63) is 131 Å². The number of aryl methyl sites for hydroxylation is 2. The minimum absolute atomic E-state index is 0.134. The van der Waals surface area contributed by atoms with Crippen molar-refractivity contribution in [2.45, 2.75) is 13.0 Å². The molecule has 2 aromatic heterocycles. The van der Waals surface area contributed by atoms with Gasteiger partial charge in [0.2, 0.25) is 0 Å². The summed E-state index contributed by atoms with van der Waals surface area (Å²) in [5.41, 5.74) is 3.58. The van der Waals surface area contributed by atoms with Crippen LogP contribution in [0.2, 0.25) is 0 Å². The number of carbonyl (C=O) groups excluding carboxylic acids is 1. The van der Waals surface area contributed by atoms with Gasteiger partial charge in [-0.25, -0.2) is 19.0 Å². The molecule has 0 saturated carbocycles. The van der Waals surface area contributed by atoms with Crippen molar-refractivity contribution < 1.29 is 13.9 Å². The Labute approximate surface area is 237 Å². The van der Waals surface area contributed by atoms with E-state index in [1.165, 1.54) is 28.0 Å². The number of halogens is 1. The predicted octanol–water partition coefficient (Wildman–Crippen LogP) is 3.27. The molecule has 0 unspecified atom stereocenters. The van der Waals surface area contributed by atoms with Crippen LogP contribution in [0.25, 0.3) is 22.8 Å². The molecule has 3 heterocycles. The van der Waals surface area contributed by atoms with Gasteiger partial charge in [0.1, 0.15) is 5.82 Å². The first-order valence-electron chi connectivity index (χ1n) is 13.0. The molecule has 0 spiro atoms. The number of ether oxygens (including phenoxy) is 1. The highest BCUT2D eigenvalue weighted by Crippen LogP contribution is 2.35. The molecule has 0 saturated heterocycles. The average molecular weight is 569 g/mol. The number of imidazole rings is 1. The van der Waals surface area contributed by atoms with Crippen molar-refractivity contribution in [3.63, 3.8) is 0 Å². The van der Waals surface area contributed by atoms with E-state index < -0.39 is 17.8 Å². The van der Waals surface area contributed by atoms with Gasteiger partial charge in [0.05, 0.1) is 39.5 Å². The number of fused-ring (bicyclic) bond motifs is 2. The van der Waals surface area contributed by atoms with Crippen LogP contribution in [0.1, 0.15) is 29.7 Å². The molecule has 0 radical (unpaired) electrons. The molecular weight excluding hydrogens is 543 g/mol. The maximum atomic E-state index is 14.0. The van der Waals surface area contributed by atoms with Crippen LogP contribution < -0.4 is 20.6 Å². The van der Waals surface area contributed by atoms with Gasteiger partial charge in [-0.2, -0.15) is 0 Å². The van der Waals surface area contributed by atoms with Crippen LogP contribution in [0.3, 0.4) is 0 Å². The largest absolute Gasteiger partial charge is 0.463 e. The first-order chi connectivity index (χ1) is 19.8. The van der Waals surface area contributed by atoms with Crippen LogP contribution in [-0.4, -0.2) is 26.3 Å². The molecule has 6 rings (SSSR count). The van der Waals surface area contributed by atoms with Gasteiger partial charge in [0, 0.05) is 19.7 Å². The molecule has 1 atom stereocenters. The molecule has 0 aliphatic carbocycles. The van der Waals surface area contributed by atoms with Crippen molar-refractivity contribution in [1.29, 1.82) is 0 Å². The van der Waals surface area contributed by atoms with Gasteiger partial charge in [-0.1, -0.05) is 59.9 Å². The Balaban J connectivity index is 1.63. The van der Waals surface area contributed by atoms with Crippen molar-refractivity contribution in [1.82, 2.24) is 13.7 Å². The molecule has 1 aliphatic heterocycles. The zero-order valence-electron chi connectivity index (χ0n) is 22.5. The minimum atomic E-state index is -0.888. The smallest absolute Gasteiger partial charge is 0.338 e. The molecule has 0 fully saturated rings. The summed E-state index contributed by atoms with van der Waals surface area (Å²) in [6.07, 6.45) is 1.75. The highest BCUT2D eigenvalue weighted by atomic mass is 32.1. The van der Waals surface area contributed by atoms with Crippen molar-refractivity contribution >= 4 is 40.1 Å². The molecule has 1 aliphatic rings. The van der Waals surface area contributed by atoms with Crippen LogP contribution in [-0.2, 0) is 23.6 Å². The molecule has 5 aromatic rings. The quantitative estimate of drug-likeness (QED) is 0.305. The second kappa shape index (κ2) is 10.3. The van der Waals surface area contributed by atoms with Gasteiger partial charge in [-0.05, 0) is 48.4 Å². The molecule has 10 heteroatoms. The molecule has 0 bridgehead atoms. The Hall–Kier alpha value is -4.83. The lowest BCUT2D eigenvalue weighted by Gasteiger charge is -2.25. The predicted molar refractivity (Wildman–Crippen MR) is 156 cm³/mol. The molecule has 0 N–H and O–H groups in total. The van der Waals surface area contributed by atoms with Crippen molar-refractivity contribution in [3.8, 4) is 0 Å². The Morgan fingerprint density at radius 3 is 2.41 bits per heavy atom. The number of hydrogen-bond donors (Lipinski definition) is 0. The van der Waals surface area contributed by atoms with Crippen molar-refractivity contribution in [2.24, 2.45) is 19.1 Å². The van der Waals surface area contributed by atoms with E-state index in [0.29, 0.717) is 26.2 Å². The van der Waals surface area contributed by atoms with Crippen LogP contribution >= 0.6 is 11.3 Å². The standard InChI is InChI=1S/C31H25FN4O4S/c1-4-40-29(38)25-26(19-8-6-5-7-9-19)33-30-36(27(25)20-11-13-21(32)14-12-20)28(37)24(41-30)17-18-10-15-22-23(16-18)35(3)31(39)34(22)2/h5-17,27H,4H2,1-3H3/b24-17+/t27-/m0/s1. The van der Waals surface area contributed by atoms with E-state index in [1.54, 1.807) is 48.4 Å². The van der Waals surface area contributed by atoms with E-state index in [0.717, 1.165) is 16.6 Å². The summed E-state index contributed by atoms with van der Waals surface area (Å²) in [4.78, 5) is 45.1. The molecule has 8 nitrogen and oxygen atoms in total. The lowest BCUT2D eigenvalue weighted by atomic mass is 9.93. The van der Waals surface area contributed by atoms with Gasteiger partial charge >= 0.3 is 11.7 Å². The maximum Gasteiger partial charge on any atom is 0.338 e. The number of aromatic nitrogens is 3. The monoisotopic (exact) mass is 568 g/mol. The van der Waals surface area contributed by atoms with Crippen LogP contribution in [0.4, 0.5) is 4.39 Å². The summed E-state index contributed by atoms with van der Waals surface area (Å²) in [5, 5.41) is 0. The van der Waals surface area contributed by atoms with Gasteiger partial charge in [0.15, 0.2) is 4.80 Å². The van der Waals surface area contributed by atoms with Gasteiger partial charge in [0.25, 0.3) is 5.56 Å². The van der Waals surface area contributed by atoms with E-state index >= 15 is 0 Å². The molecule has 41 heavy (non-hydrogen) atoms. The third kappa shape index (κ3) is 4.46. The third-order valence-electron chi connectivity index (χ3n) is 7.15.